The van der Waals surface area contributed by atoms with E-state index in [0.29, 0.717) is 0 Å². The van der Waals surface area contributed by atoms with Gasteiger partial charge in [0.05, 0.1) is 0 Å². The summed E-state index contributed by atoms with van der Waals surface area (Å²) in [7, 11) is -5.90. The average Bonchev–Trinajstić information content (AvgIpc) is 1.36. The second-order valence-electron chi connectivity index (χ2n) is 0.408. The molecule has 54 valence electrons. The van der Waals surface area contributed by atoms with Gasteiger partial charge < -0.3 is 20.1 Å². The standard InChI is InChI=1S/2Na.H2O4S2.2H2O/c;;1-5(2)6(3)4;;/h;;(H,1,2)(H,3,4);2*1H2/q2*+1;;;/p-2. The quantitative estimate of drug-likeness (QED) is 0.240. The summed E-state index contributed by atoms with van der Waals surface area (Å²) in [5, 5.41) is 0. The molecule has 0 heterocycles. The molecule has 0 bridgehead atoms. The Morgan fingerprint density at radius 2 is 0.900 bits per heavy atom. The summed E-state index contributed by atoms with van der Waals surface area (Å²) in [6, 6.07) is 0. The molecule has 0 radical (unpaired) electrons. The van der Waals surface area contributed by atoms with Gasteiger partial charge in [0.15, 0.2) is 0 Å². The Hall–Kier alpha value is 2.14. The summed E-state index contributed by atoms with van der Waals surface area (Å²) in [4.78, 5) is 0. The van der Waals surface area contributed by atoms with E-state index in [0.717, 1.165) is 0 Å². The Morgan fingerprint density at radius 3 is 0.900 bits per heavy atom. The van der Waals surface area contributed by atoms with Crippen molar-refractivity contribution in [2.75, 3.05) is 0 Å². The van der Waals surface area contributed by atoms with Crippen molar-refractivity contribution < 1.29 is 87.6 Å². The van der Waals surface area contributed by atoms with E-state index in [-0.39, 0.29) is 70.1 Å². The van der Waals surface area contributed by atoms with Crippen molar-refractivity contribution in [2.45, 2.75) is 0 Å². The Labute approximate surface area is 106 Å². The van der Waals surface area contributed by atoms with Gasteiger partial charge in [-0.2, -0.15) is 0 Å². The predicted molar refractivity (Wildman–Crippen MR) is 25.1 cm³/mol. The molecular formula is H4Na2O6S2. The molecule has 0 saturated heterocycles. The minimum Gasteiger partial charge on any atom is -0.763 e. The van der Waals surface area contributed by atoms with E-state index in [1.165, 1.54) is 0 Å². The third-order valence-electron chi connectivity index (χ3n) is 0.111. The Balaban J connectivity index is -0.0000000208. The van der Waals surface area contributed by atoms with Gasteiger partial charge in [0.25, 0.3) is 0 Å². The second kappa shape index (κ2) is 17.3. The summed E-state index contributed by atoms with van der Waals surface area (Å²) in [5.41, 5.74) is 0. The topological polar surface area (TPSA) is 143 Å². The molecule has 0 aliphatic carbocycles. The molecule has 0 saturated carbocycles. The number of rotatable bonds is 1. The van der Waals surface area contributed by atoms with Gasteiger partial charge in [-0.3, -0.25) is 8.42 Å². The van der Waals surface area contributed by atoms with Gasteiger partial charge in [-0.05, 0) is 0 Å². The largest absolute Gasteiger partial charge is 1.00 e. The molecule has 0 aliphatic heterocycles. The van der Waals surface area contributed by atoms with Gasteiger partial charge in [-0.1, -0.05) is 0 Å². The first-order valence-corrected chi connectivity index (χ1v) is 3.50. The fraction of sp³-hybridized carbons (Fsp3) is 0. The van der Waals surface area contributed by atoms with Crippen molar-refractivity contribution in [3.63, 3.8) is 0 Å². The third-order valence-corrected chi connectivity index (χ3v) is 1.00. The molecule has 0 aromatic carbocycles. The maximum absolute atomic E-state index is 9.09. The van der Waals surface area contributed by atoms with Crippen LogP contribution in [0.25, 0.3) is 0 Å². The summed E-state index contributed by atoms with van der Waals surface area (Å²) in [5.74, 6) is 0. The molecule has 0 aromatic rings. The van der Waals surface area contributed by atoms with E-state index in [9.17, 15) is 0 Å². The molecule has 4 N–H and O–H groups in total. The van der Waals surface area contributed by atoms with Crippen LogP contribution in [0.1, 0.15) is 0 Å². The Bertz CT molecular complexity index is 79.7. The maximum Gasteiger partial charge on any atom is 1.00 e. The Morgan fingerprint density at radius 1 is 0.800 bits per heavy atom. The minimum atomic E-state index is -2.95. The van der Waals surface area contributed by atoms with Crippen LogP contribution in [-0.4, -0.2) is 28.5 Å². The van der Waals surface area contributed by atoms with Crippen molar-refractivity contribution in [2.24, 2.45) is 0 Å². The van der Waals surface area contributed by atoms with Crippen LogP contribution in [0.5, 0.6) is 0 Å². The van der Waals surface area contributed by atoms with Crippen molar-refractivity contribution in [1.82, 2.24) is 0 Å². The van der Waals surface area contributed by atoms with Crippen LogP contribution in [0.4, 0.5) is 0 Å². The second-order valence-corrected chi connectivity index (χ2v) is 2.86. The van der Waals surface area contributed by atoms with Crippen LogP contribution in [0, 0.1) is 0 Å². The number of hydrogen-bond donors (Lipinski definition) is 0. The van der Waals surface area contributed by atoms with Gasteiger partial charge in [0, 0.05) is 20.2 Å². The molecule has 0 spiro atoms. The van der Waals surface area contributed by atoms with E-state index in [1.54, 1.807) is 0 Å². The molecule has 2 atom stereocenters. The molecule has 0 aromatic heterocycles. The fourth-order valence-corrected chi connectivity index (χ4v) is 0. The molecule has 0 aliphatic rings. The first-order valence-electron chi connectivity index (χ1n) is 0.833. The summed E-state index contributed by atoms with van der Waals surface area (Å²) >= 11 is 0. The summed E-state index contributed by atoms with van der Waals surface area (Å²) in [6.45, 7) is 0. The van der Waals surface area contributed by atoms with Gasteiger partial charge >= 0.3 is 59.1 Å². The van der Waals surface area contributed by atoms with Crippen LogP contribution >= 0.6 is 0 Å². The first kappa shape index (κ1) is 29.6. The van der Waals surface area contributed by atoms with Crippen LogP contribution < -0.4 is 59.1 Å². The van der Waals surface area contributed by atoms with E-state index in [1.807, 2.05) is 0 Å². The molecule has 10 heavy (non-hydrogen) atoms. The monoisotopic (exact) mass is 210 g/mol. The smallest absolute Gasteiger partial charge is 0.763 e. The SMILES string of the molecule is O.O.O=S([O-])S(=O)[O-].[Na+].[Na+]. The summed E-state index contributed by atoms with van der Waals surface area (Å²) in [6.07, 6.45) is 0. The number of hydrogen-bond acceptors (Lipinski definition) is 4. The zero-order chi connectivity index (χ0) is 5.15. The molecular weight excluding hydrogens is 206 g/mol. The van der Waals surface area contributed by atoms with E-state index < -0.39 is 20.2 Å². The van der Waals surface area contributed by atoms with E-state index in [2.05, 4.69) is 0 Å². The third kappa shape index (κ3) is 22.5. The molecule has 0 amide bonds. The Kier molecular flexibility index (Phi) is 51.1. The van der Waals surface area contributed by atoms with Crippen LogP contribution in [0.3, 0.4) is 0 Å². The molecule has 10 heteroatoms. The molecule has 2 unspecified atom stereocenters. The van der Waals surface area contributed by atoms with Crippen molar-refractivity contribution in [3.05, 3.63) is 0 Å². The van der Waals surface area contributed by atoms with Crippen molar-refractivity contribution in [3.8, 4) is 0 Å². The van der Waals surface area contributed by atoms with Crippen molar-refractivity contribution >= 4 is 20.2 Å². The zero-order valence-electron chi connectivity index (χ0n) is 5.45. The normalized spacial score (nSPS) is 11.8. The van der Waals surface area contributed by atoms with Gasteiger partial charge in [0.1, 0.15) is 0 Å². The van der Waals surface area contributed by atoms with Gasteiger partial charge in [-0.15, -0.1) is 0 Å². The van der Waals surface area contributed by atoms with E-state index >= 15 is 0 Å². The fourth-order valence-electron chi connectivity index (χ4n) is 0. The average molecular weight is 210 g/mol. The maximum atomic E-state index is 9.09. The van der Waals surface area contributed by atoms with Crippen LogP contribution in [0.2, 0.25) is 0 Å². The van der Waals surface area contributed by atoms with Gasteiger partial charge in [0.2, 0.25) is 0 Å². The van der Waals surface area contributed by atoms with Gasteiger partial charge in [-0.25, -0.2) is 0 Å². The molecule has 0 fully saturated rings. The summed E-state index contributed by atoms with van der Waals surface area (Å²) < 4.78 is 36.3. The first-order chi connectivity index (χ1) is 2.64. The van der Waals surface area contributed by atoms with E-state index in [4.69, 9.17) is 17.5 Å². The molecule has 6 nitrogen and oxygen atoms in total. The predicted octanol–water partition coefficient (Wildman–Crippen LogP) is -8.98. The minimum absolute atomic E-state index is 0. The zero-order valence-corrected chi connectivity index (χ0v) is 11.1. The van der Waals surface area contributed by atoms with Crippen LogP contribution in [-0.2, 0) is 20.2 Å². The molecule has 0 rings (SSSR count). The van der Waals surface area contributed by atoms with Crippen LogP contribution in [0.15, 0.2) is 0 Å². The van der Waals surface area contributed by atoms with Crippen molar-refractivity contribution in [1.29, 1.82) is 0 Å².